The molecule has 2 aromatic carbocycles. The number of hydrogen-bond acceptors (Lipinski definition) is 4. The van der Waals surface area contributed by atoms with Crippen LogP contribution in [0.15, 0.2) is 59.6 Å². The van der Waals surface area contributed by atoms with Crippen LogP contribution in [0.3, 0.4) is 0 Å². The minimum absolute atomic E-state index is 0.0490. The summed E-state index contributed by atoms with van der Waals surface area (Å²) in [6.45, 7) is 6.41. The average molecular weight is 379 g/mol. The van der Waals surface area contributed by atoms with Gasteiger partial charge in [-0.2, -0.15) is 0 Å². The number of nitrogens with one attached hydrogen (secondary N) is 1. The molecule has 0 unspecified atom stereocenters. The highest BCUT2D eigenvalue weighted by atomic mass is 32.1. The number of rotatable bonds is 3. The molecule has 0 spiro atoms. The smallest absolute Gasteiger partial charge is 0.251 e. The molecular weight excluding hydrogens is 358 g/mol. The molecule has 2 aromatic rings. The Labute approximate surface area is 164 Å². The quantitative estimate of drug-likeness (QED) is 0.502. The molecule has 138 valence electrons. The van der Waals surface area contributed by atoms with Crippen molar-refractivity contribution in [3.05, 3.63) is 60.2 Å². The van der Waals surface area contributed by atoms with Crippen LogP contribution in [0.5, 0.6) is 0 Å². The number of aliphatic imine (C=N–C) groups is 1. The molecule has 1 atom stereocenters. The Bertz CT molecular complexity index is 899. The molecule has 1 aliphatic rings. The Morgan fingerprint density at radius 3 is 2.26 bits per heavy atom. The molecule has 1 heterocycles. The second-order valence-corrected chi connectivity index (χ2v) is 7.74. The zero-order valence-electron chi connectivity index (χ0n) is 15.5. The first kappa shape index (κ1) is 18.9. The molecule has 1 fully saturated rings. The van der Waals surface area contributed by atoms with E-state index in [1.54, 1.807) is 12.1 Å². The van der Waals surface area contributed by atoms with Crippen molar-refractivity contribution in [2.45, 2.75) is 26.2 Å². The molecule has 5 nitrogen and oxygen atoms in total. The highest BCUT2D eigenvalue weighted by Crippen LogP contribution is 2.25. The molecular formula is C21H21N3O2S. The van der Waals surface area contributed by atoms with Gasteiger partial charge in [0, 0.05) is 6.21 Å². The van der Waals surface area contributed by atoms with Crippen molar-refractivity contribution >= 4 is 46.7 Å². The van der Waals surface area contributed by atoms with Crippen molar-refractivity contribution in [3.63, 3.8) is 0 Å². The van der Waals surface area contributed by atoms with E-state index in [1.165, 1.54) is 16.7 Å². The molecule has 1 saturated heterocycles. The van der Waals surface area contributed by atoms with Gasteiger partial charge in [-0.05, 0) is 47.5 Å². The number of nitrogens with zero attached hydrogens (tertiary/aromatic N) is 2. The van der Waals surface area contributed by atoms with E-state index in [4.69, 9.17) is 12.2 Å². The zero-order chi connectivity index (χ0) is 19.6. The van der Waals surface area contributed by atoms with Crippen LogP contribution in [-0.2, 0) is 15.0 Å². The van der Waals surface area contributed by atoms with E-state index in [2.05, 4.69) is 31.1 Å². The number of para-hydroxylation sites is 1. The van der Waals surface area contributed by atoms with Gasteiger partial charge in [0.2, 0.25) is 5.91 Å². The van der Waals surface area contributed by atoms with Crippen molar-refractivity contribution in [1.82, 2.24) is 5.32 Å². The van der Waals surface area contributed by atoms with Gasteiger partial charge in [-0.25, -0.2) is 0 Å². The monoisotopic (exact) mass is 379 g/mol. The Morgan fingerprint density at radius 1 is 1.04 bits per heavy atom. The van der Waals surface area contributed by atoms with Crippen LogP contribution in [0, 0.1) is 5.92 Å². The molecule has 6 heteroatoms. The van der Waals surface area contributed by atoms with Gasteiger partial charge in [-0.1, -0.05) is 51.1 Å². The predicted molar refractivity (Wildman–Crippen MR) is 111 cm³/mol. The number of anilines is 1. The highest BCUT2D eigenvalue weighted by Gasteiger charge is 2.38. The van der Waals surface area contributed by atoms with Gasteiger partial charge in [-0.3, -0.25) is 19.5 Å². The van der Waals surface area contributed by atoms with Gasteiger partial charge in [0.05, 0.1) is 11.4 Å². The fourth-order valence-electron chi connectivity index (χ4n) is 2.75. The maximum Gasteiger partial charge on any atom is 0.251 e. The maximum atomic E-state index is 12.8. The molecule has 3 rings (SSSR count). The maximum absolute atomic E-state index is 12.8. The van der Waals surface area contributed by atoms with Gasteiger partial charge in [0.15, 0.2) is 11.0 Å². The van der Waals surface area contributed by atoms with Gasteiger partial charge in [-0.15, -0.1) is 0 Å². The first-order valence-electron chi connectivity index (χ1n) is 8.66. The lowest BCUT2D eigenvalue weighted by Crippen LogP contribution is -2.58. The van der Waals surface area contributed by atoms with E-state index in [0.717, 1.165) is 0 Å². The minimum atomic E-state index is -1.03. The van der Waals surface area contributed by atoms with Gasteiger partial charge in [0.1, 0.15) is 0 Å². The molecule has 0 aliphatic carbocycles. The summed E-state index contributed by atoms with van der Waals surface area (Å²) in [5.74, 6) is -1.91. The highest BCUT2D eigenvalue weighted by molar-refractivity contribution is 7.80. The Morgan fingerprint density at radius 2 is 1.67 bits per heavy atom. The molecule has 27 heavy (non-hydrogen) atoms. The van der Waals surface area contributed by atoms with Crippen molar-refractivity contribution in [3.8, 4) is 0 Å². The SMILES string of the molecule is CC(C)(C)c1ccc(N=C[C@@H]2C(=O)NC(=S)N(c3ccccc3)C2=O)cc1. The summed E-state index contributed by atoms with van der Waals surface area (Å²) in [5, 5.41) is 2.66. The summed E-state index contributed by atoms with van der Waals surface area (Å²) in [4.78, 5) is 30.8. The van der Waals surface area contributed by atoms with Crippen LogP contribution < -0.4 is 10.2 Å². The molecule has 0 bridgehead atoms. The largest absolute Gasteiger partial charge is 0.301 e. The van der Waals surface area contributed by atoms with Gasteiger partial charge >= 0.3 is 0 Å². The van der Waals surface area contributed by atoms with E-state index in [1.807, 2.05) is 42.5 Å². The van der Waals surface area contributed by atoms with Gasteiger partial charge < -0.3 is 5.32 Å². The topological polar surface area (TPSA) is 61.8 Å². The second-order valence-electron chi connectivity index (χ2n) is 7.36. The van der Waals surface area contributed by atoms with E-state index in [-0.39, 0.29) is 10.5 Å². The van der Waals surface area contributed by atoms with Crippen LogP contribution >= 0.6 is 12.2 Å². The second kappa shape index (κ2) is 7.40. The Balaban J connectivity index is 1.83. The Kier molecular flexibility index (Phi) is 5.19. The lowest BCUT2D eigenvalue weighted by atomic mass is 9.87. The van der Waals surface area contributed by atoms with Crippen molar-refractivity contribution in [2.24, 2.45) is 10.9 Å². The number of carbonyl (C=O) groups is 2. The fourth-order valence-corrected chi connectivity index (χ4v) is 3.05. The van der Waals surface area contributed by atoms with Crippen LogP contribution in [0.2, 0.25) is 0 Å². The average Bonchev–Trinajstić information content (AvgIpc) is 2.62. The van der Waals surface area contributed by atoms with Crippen molar-refractivity contribution in [2.75, 3.05) is 4.90 Å². The molecule has 0 aromatic heterocycles. The number of thiocarbonyl (C=S) groups is 1. The van der Waals surface area contributed by atoms with Crippen molar-refractivity contribution in [1.29, 1.82) is 0 Å². The third kappa shape index (κ3) is 4.11. The summed E-state index contributed by atoms with van der Waals surface area (Å²) in [5.41, 5.74) is 2.53. The number of carbonyl (C=O) groups excluding carboxylic acids is 2. The Hall–Kier alpha value is -2.86. The zero-order valence-corrected chi connectivity index (χ0v) is 16.3. The number of benzene rings is 2. The normalized spacial score (nSPS) is 18.1. The van der Waals surface area contributed by atoms with Gasteiger partial charge in [0.25, 0.3) is 5.91 Å². The third-order valence-corrected chi connectivity index (χ3v) is 4.61. The van der Waals surface area contributed by atoms with Crippen LogP contribution in [-0.4, -0.2) is 23.1 Å². The van der Waals surface area contributed by atoms with Crippen LogP contribution in [0.25, 0.3) is 0 Å². The van der Waals surface area contributed by atoms with Crippen molar-refractivity contribution < 1.29 is 9.59 Å². The molecule has 1 aliphatic heterocycles. The number of amides is 2. The summed E-state index contributed by atoms with van der Waals surface area (Å²) in [7, 11) is 0. The lowest BCUT2D eigenvalue weighted by molar-refractivity contribution is -0.130. The lowest BCUT2D eigenvalue weighted by Gasteiger charge is -2.30. The van der Waals surface area contributed by atoms with E-state index in [0.29, 0.717) is 11.4 Å². The van der Waals surface area contributed by atoms with Crippen LogP contribution in [0.1, 0.15) is 26.3 Å². The summed E-state index contributed by atoms with van der Waals surface area (Å²) in [6, 6.07) is 16.7. The van der Waals surface area contributed by atoms with Crippen LogP contribution in [0.4, 0.5) is 11.4 Å². The van der Waals surface area contributed by atoms with E-state index >= 15 is 0 Å². The number of hydrogen-bond donors (Lipinski definition) is 1. The predicted octanol–water partition coefficient (Wildman–Crippen LogP) is 3.75. The molecule has 1 N–H and O–H groups in total. The standard InChI is InChI=1S/C21H21N3O2S/c1-21(2,3)14-9-11-15(12-10-14)22-13-17-18(25)23-20(27)24(19(17)26)16-7-5-4-6-8-16/h4-13,17H,1-3H3,(H,23,25,27)/t17-/m1/s1. The minimum Gasteiger partial charge on any atom is -0.301 e. The summed E-state index contributed by atoms with van der Waals surface area (Å²) < 4.78 is 0. The summed E-state index contributed by atoms with van der Waals surface area (Å²) >= 11 is 5.17. The third-order valence-electron chi connectivity index (χ3n) is 4.32. The molecule has 2 amide bonds. The molecule has 0 saturated carbocycles. The first-order chi connectivity index (χ1) is 12.8. The first-order valence-corrected chi connectivity index (χ1v) is 9.07. The fraction of sp³-hybridized carbons (Fsp3) is 0.238. The molecule has 0 radical (unpaired) electrons. The summed E-state index contributed by atoms with van der Waals surface area (Å²) in [6.07, 6.45) is 1.38. The van der Waals surface area contributed by atoms with E-state index < -0.39 is 17.7 Å². The van der Waals surface area contributed by atoms with E-state index in [9.17, 15) is 9.59 Å².